The molecule has 1 atom stereocenters. The van der Waals surface area contributed by atoms with E-state index in [0.29, 0.717) is 40.4 Å². The molecular weight excluding hydrogens is 448 g/mol. The fraction of sp³-hybridized carbons (Fsp3) is 0.273. The van der Waals surface area contributed by atoms with Crippen molar-refractivity contribution in [1.82, 2.24) is 10.2 Å². The second-order valence-corrected chi connectivity index (χ2v) is 8.41. The van der Waals surface area contributed by atoms with Crippen molar-refractivity contribution in [3.05, 3.63) is 47.5 Å². The molecule has 1 N–H and O–H groups in total. The van der Waals surface area contributed by atoms with Gasteiger partial charge in [0.2, 0.25) is 17.8 Å². The number of nitrogens with one attached hydrogen (secondary N) is 1. The molecule has 0 saturated carbocycles. The fourth-order valence-electron chi connectivity index (χ4n) is 3.61. The summed E-state index contributed by atoms with van der Waals surface area (Å²) in [4.78, 5) is 26.5. The highest BCUT2D eigenvalue weighted by Gasteiger charge is 2.34. The van der Waals surface area contributed by atoms with Crippen molar-refractivity contribution in [2.45, 2.75) is 12.3 Å². The molecule has 2 aliphatic rings. The van der Waals surface area contributed by atoms with E-state index in [1.807, 2.05) is 24.3 Å². The van der Waals surface area contributed by atoms with E-state index in [1.165, 1.54) is 11.3 Å². The molecule has 10 nitrogen and oxygen atoms in total. The Morgan fingerprint density at radius 1 is 1.15 bits per heavy atom. The van der Waals surface area contributed by atoms with E-state index in [4.69, 9.17) is 18.9 Å². The van der Waals surface area contributed by atoms with Crippen LogP contribution in [-0.2, 0) is 9.59 Å². The van der Waals surface area contributed by atoms with Gasteiger partial charge < -0.3 is 23.8 Å². The molecule has 11 heteroatoms. The standard InChI is InChI=1S/C22H20N4O6S/c1-29-15-4-2-14(3-5-15)26-10-13(8-20(26)28)21-24-25-22(33-21)23-19(27)11-30-16-6-7-17-18(9-16)32-12-31-17/h2-7,9,13H,8,10-12H2,1H3,(H,23,25,27). The first-order valence-electron chi connectivity index (χ1n) is 10.2. The van der Waals surface area contributed by atoms with Gasteiger partial charge in [0.15, 0.2) is 18.1 Å². The predicted octanol–water partition coefficient (Wildman–Crippen LogP) is 2.81. The molecule has 0 radical (unpaired) electrons. The minimum atomic E-state index is -0.363. The predicted molar refractivity (Wildman–Crippen MR) is 119 cm³/mol. The van der Waals surface area contributed by atoms with E-state index >= 15 is 0 Å². The third-order valence-electron chi connectivity index (χ3n) is 5.26. The molecule has 33 heavy (non-hydrogen) atoms. The summed E-state index contributed by atoms with van der Waals surface area (Å²) in [5.74, 6) is 2.01. The van der Waals surface area contributed by atoms with Gasteiger partial charge in [-0.3, -0.25) is 14.9 Å². The number of carbonyl (C=O) groups is 2. The van der Waals surface area contributed by atoms with Gasteiger partial charge >= 0.3 is 0 Å². The second kappa shape index (κ2) is 8.94. The van der Waals surface area contributed by atoms with Crippen LogP contribution in [0, 0.1) is 0 Å². The first-order chi connectivity index (χ1) is 16.1. The number of anilines is 2. The number of hydrogen-bond acceptors (Lipinski definition) is 9. The molecule has 2 amide bonds. The molecule has 2 aliphatic heterocycles. The maximum absolute atomic E-state index is 12.5. The summed E-state index contributed by atoms with van der Waals surface area (Å²) < 4.78 is 21.2. The van der Waals surface area contributed by atoms with E-state index in [2.05, 4.69) is 15.5 Å². The average molecular weight is 468 g/mol. The van der Waals surface area contributed by atoms with Crippen LogP contribution >= 0.6 is 11.3 Å². The fourth-order valence-corrected chi connectivity index (χ4v) is 4.46. The number of carbonyl (C=O) groups excluding carboxylic acids is 2. The van der Waals surface area contributed by atoms with E-state index in [0.717, 1.165) is 11.4 Å². The van der Waals surface area contributed by atoms with Gasteiger partial charge in [-0.25, -0.2) is 0 Å². The molecule has 3 aromatic rings. The highest BCUT2D eigenvalue weighted by Crippen LogP contribution is 2.36. The maximum Gasteiger partial charge on any atom is 0.264 e. The first-order valence-corrected chi connectivity index (χ1v) is 11.0. The van der Waals surface area contributed by atoms with Crippen LogP contribution < -0.4 is 29.2 Å². The van der Waals surface area contributed by atoms with Crippen molar-refractivity contribution >= 4 is 34.0 Å². The maximum atomic E-state index is 12.5. The van der Waals surface area contributed by atoms with Gasteiger partial charge in [-0.2, -0.15) is 0 Å². The smallest absolute Gasteiger partial charge is 0.264 e. The minimum absolute atomic E-state index is 0.0167. The van der Waals surface area contributed by atoms with Crippen molar-refractivity contribution in [3.8, 4) is 23.0 Å². The Hall–Kier alpha value is -3.86. The molecule has 3 heterocycles. The number of rotatable bonds is 7. The lowest BCUT2D eigenvalue weighted by atomic mass is 10.1. The Bertz CT molecular complexity index is 1180. The monoisotopic (exact) mass is 468 g/mol. The van der Waals surface area contributed by atoms with Crippen LogP contribution in [0.1, 0.15) is 17.3 Å². The van der Waals surface area contributed by atoms with Crippen LogP contribution in [0.2, 0.25) is 0 Å². The summed E-state index contributed by atoms with van der Waals surface area (Å²) in [5, 5.41) is 12.0. The topological polar surface area (TPSA) is 112 Å². The number of benzene rings is 2. The zero-order chi connectivity index (χ0) is 22.8. The highest BCUT2D eigenvalue weighted by atomic mass is 32.1. The van der Waals surface area contributed by atoms with Gasteiger partial charge in [0.05, 0.1) is 7.11 Å². The number of hydrogen-bond donors (Lipinski definition) is 1. The van der Waals surface area contributed by atoms with Crippen LogP contribution in [0.15, 0.2) is 42.5 Å². The molecule has 1 fully saturated rings. The molecule has 1 unspecified atom stereocenters. The molecule has 170 valence electrons. The number of methoxy groups -OCH3 is 1. The molecule has 1 aromatic heterocycles. The summed E-state index contributed by atoms with van der Waals surface area (Å²) in [7, 11) is 1.60. The summed E-state index contributed by atoms with van der Waals surface area (Å²) in [6.45, 7) is 0.478. The van der Waals surface area contributed by atoms with Crippen molar-refractivity contribution in [3.63, 3.8) is 0 Å². The molecular formula is C22H20N4O6S. The van der Waals surface area contributed by atoms with Crippen LogP contribution in [0.25, 0.3) is 0 Å². The van der Waals surface area contributed by atoms with Crippen molar-refractivity contribution in [2.24, 2.45) is 0 Å². The summed E-state index contributed by atoms with van der Waals surface area (Å²) >= 11 is 1.26. The third kappa shape index (κ3) is 4.53. The quantitative estimate of drug-likeness (QED) is 0.563. The van der Waals surface area contributed by atoms with Gasteiger partial charge in [0.25, 0.3) is 5.91 Å². The Kier molecular flexibility index (Phi) is 5.69. The van der Waals surface area contributed by atoms with Crippen LogP contribution in [0.3, 0.4) is 0 Å². The van der Waals surface area contributed by atoms with Crippen molar-refractivity contribution < 1.29 is 28.5 Å². The highest BCUT2D eigenvalue weighted by molar-refractivity contribution is 7.15. The SMILES string of the molecule is COc1ccc(N2CC(c3nnc(NC(=O)COc4ccc5c(c4)OCO5)s3)CC2=O)cc1. The van der Waals surface area contributed by atoms with E-state index in [1.54, 1.807) is 30.2 Å². The van der Waals surface area contributed by atoms with E-state index in [-0.39, 0.29) is 31.1 Å². The minimum Gasteiger partial charge on any atom is -0.497 e. The molecule has 5 rings (SSSR count). The number of nitrogens with zero attached hydrogens (tertiary/aromatic N) is 3. The van der Waals surface area contributed by atoms with Gasteiger partial charge in [-0.05, 0) is 36.4 Å². The summed E-state index contributed by atoms with van der Waals surface area (Å²) in [6, 6.07) is 12.4. The zero-order valence-electron chi connectivity index (χ0n) is 17.6. The largest absolute Gasteiger partial charge is 0.497 e. The average Bonchev–Trinajstić information content (AvgIpc) is 3.57. The Balaban J connectivity index is 1.16. The molecule has 0 spiro atoms. The van der Waals surface area contributed by atoms with Crippen molar-refractivity contribution in [2.75, 3.05) is 37.3 Å². The molecule has 1 saturated heterocycles. The Morgan fingerprint density at radius 2 is 1.94 bits per heavy atom. The van der Waals surface area contributed by atoms with Gasteiger partial charge in [0, 0.05) is 30.6 Å². The molecule has 0 bridgehead atoms. The van der Waals surface area contributed by atoms with E-state index < -0.39 is 0 Å². The Morgan fingerprint density at radius 3 is 2.76 bits per heavy atom. The molecule has 0 aliphatic carbocycles. The number of aromatic nitrogens is 2. The third-order valence-corrected chi connectivity index (χ3v) is 6.26. The van der Waals surface area contributed by atoms with Gasteiger partial charge in [-0.1, -0.05) is 11.3 Å². The second-order valence-electron chi connectivity index (χ2n) is 7.40. The van der Waals surface area contributed by atoms with Crippen molar-refractivity contribution in [1.29, 1.82) is 0 Å². The summed E-state index contributed by atoms with van der Waals surface area (Å²) in [5.41, 5.74) is 0.807. The van der Waals surface area contributed by atoms with Gasteiger partial charge in [-0.15, -0.1) is 10.2 Å². The lowest BCUT2D eigenvalue weighted by Gasteiger charge is -2.16. The number of ether oxygens (including phenoxy) is 4. The number of fused-ring (bicyclic) bond motifs is 1. The van der Waals surface area contributed by atoms with Crippen LogP contribution in [0.5, 0.6) is 23.0 Å². The lowest BCUT2D eigenvalue weighted by Crippen LogP contribution is -2.24. The molecule has 2 aromatic carbocycles. The summed E-state index contributed by atoms with van der Waals surface area (Å²) in [6.07, 6.45) is 0.335. The normalized spacial score (nSPS) is 16.7. The van der Waals surface area contributed by atoms with Gasteiger partial charge in [0.1, 0.15) is 16.5 Å². The first kappa shape index (κ1) is 21.0. The van der Waals surface area contributed by atoms with E-state index in [9.17, 15) is 9.59 Å². The zero-order valence-corrected chi connectivity index (χ0v) is 18.5. The van der Waals surface area contributed by atoms with Crippen LogP contribution in [0.4, 0.5) is 10.8 Å². The Labute approximate surface area is 193 Å². The number of amides is 2. The lowest BCUT2D eigenvalue weighted by molar-refractivity contribution is -0.118. The van der Waals surface area contributed by atoms with Crippen LogP contribution in [-0.4, -0.2) is 49.1 Å².